The molecule has 100 valence electrons. The van der Waals surface area contributed by atoms with Crippen molar-refractivity contribution in [2.45, 2.75) is 6.54 Å². The van der Waals surface area contributed by atoms with E-state index in [1.807, 2.05) is 0 Å². The van der Waals surface area contributed by atoms with Gasteiger partial charge in [0, 0.05) is 7.05 Å². The van der Waals surface area contributed by atoms with Gasteiger partial charge in [0.25, 0.3) is 0 Å². The van der Waals surface area contributed by atoms with Gasteiger partial charge in [-0.25, -0.2) is 10.8 Å². The lowest BCUT2D eigenvalue weighted by Crippen LogP contribution is -2.14. The Morgan fingerprint density at radius 2 is 2.37 bits per heavy atom. The lowest BCUT2D eigenvalue weighted by atomic mass is 10.4. The maximum atomic E-state index is 10.9. The lowest BCUT2D eigenvalue weighted by Gasteiger charge is -2.06. The molecule has 0 unspecified atom stereocenters. The number of nitrogens with two attached hydrogens (primary N) is 1. The van der Waals surface area contributed by atoms with Crippen LogP contribution in [0.3, 0.4) is 0 Å². The van der Waals surface area contributed by atoms with Crippen molar-refractivity contribution >= 4 is 17.5 Å². The highest BCUT2D eigenvalue weighted by molar-refractivity contribution is 5.56. The zero-order valence-electron chi connectivity index (χ0n) is 9.94. The summed E-state index contributed by atoms with van der Waals surface area (Å²) in [7, 11) is 1.76. The van der Waals surface area contributed by atoms with Crippen LogP contribution in [-0.4, -0.2) is 29.7 Å². The molecule has 0 aliphatic heterocycles. The Labute approximate surface area is 107 Å². The van der Waals surface area contributed by atoms with E-state index in [-0.39, 0.29) is 24.0 Å². The number of hydrogen-bond acceptors (Lipinski definition) is 9. The van der Waals surface area contributed by atoms with Crippen LogP contribution in [0.5, 0.6) is 0 Å². The molecule has 0 amide bonds. The molecule has 19 heavy (non-hydrogen) atoms. The van der Waals surface area contributed by atoms with Crippen LogP contribution in [-0.2, 0) is 13.6 Å². The highest BCUT2D eigenvalue weighted by Gasteiger charge is 2.17. The second-order valence-electron chi connectivity index (χ2n) is 3.54. The van der Waals surface area contributed by atoms with E-state index in [0.29, 0.717) is 5.82 Å². The number of nitrogens with zero attached hydrogens (tertiary/aromatic N) is 6. The number of hydrogen-bond donors (Lipinski definition) is 3. The highest BCUT2D eigenvalue weighted by atomic mass is 16.6. The molecule has 2 rings (SSSR count). The van der Waals surface area contributed by atoms with E-state index in [1.54, 1.807) is 11.6 Å². The maximum absolute atomic E-state index is 10.9. The second kappa shape index (κ2) is 5.22. The van der Waals surface area contributed by atoms with Gasteiger partial charge in [-0.2, -0.15) is 4.98 Å². The van der Waals surface area contributed by atoms with Crippen LogP contribution in [0.15, 0.2) is 12.5 Å². The number of aromatic nitrogens is 5. The standard InChI is InChI=1S/C8H11N9O2/c1-16-4-12-15-6(16)3-10-7-5(17(18)19)2-11-8(13-7)14-9/h2,4H,3,9H2,1H3,(H2,10,11,13,14). The van der Waals surface area contributed by atoms with E-state index in [4.69, 9.17) is 5.84 Å². The van der Waals surface area contributed by atoms with Crippen LogP contribution >= 0.6 is 0 Å². The van der Waals surface area contributed by atoms with Crippen molar-refractivity contribution in [1.29, 1.82) is 0 Å². The molecule has 4 N–H and O–H groups in total. The molecule has 11 heteroatoms. The Morgan fingerprint density at radius 3 is 2.95 bits per heavy atom. The Balaban J connectivity index is 2.22. The van der Waals surface area contributed by atoms with Gasteiger partial charge in [0.1, 0.15) is 12.5 Å². The third-order valence-corrected chi connectivity index (χ3v) is 2.31. The molecule has 0 atom stereocenters. The molecule has 2 aromatic rings. The first-order valence-electron chi connectivity index (χ1n) is 5.16. The molecule has 0 fully saturated rings. The topological polar surface area (TPSA) is 150 Å². The summed E-state index contributed by atoms with van der Waals surface area (Å²) in [5.41, 5.74) is 1.97. The van der Waals surface area contributed by atoms with E-state index in [9.17, 15) is 10.1 Å². The molecule has 2 heterocycles. The minimum atomic E-state index is -0.584. The molecular weight excluding hydrogens is 254 g/mol. The molecule has 0 spiro atoms. The van der Waals surface area contributed by atoms with Crippen LogP contribution in [0.1, 0.15) is 5.82 Å². The van der Waals surface area contributed by atoms with Gasteiger partial charge >= 0.3 is 5.69 Å². The molecular formula is C8H11N9O2. The summed E-state index contributed by atoms with van der Waals surface area (Å²) in [6, 6.07) is 0. The van der Waals surface area contributed by atoms with Crippen molar-refractivity contribution in [3.63, 3.8) is 0 Å². The Morgan fingerprint density at radius 1 is 1.58 bits per heavy atom. The van der Waals surface area contributed by atoms with Gasteiger partial charge in [-0.1, -0.05) is 0 Å². The number of hydrazine groups is 1. The summed E-state index contributed by atoms with van der Waals surface area (Å²) in [5, 5.41) is 21.2. The van der Waals surface area contributed by atoms with E-state index < -0.39 is 4.92 Å². The van der Waals surface area contributed by atoms with Crippen molar-refractivity contribution in [3.8, 4) is 0 Å². The average Bonchev–Trinajstić information content (AvgIpc) is 2.81. The third-order valence-electron chi connectivity index (χ3n) is 2.31. The highest BCUT2D eigenvalue weighted by Crippen LogP contribution is 2.21. The molecule has 0 radical (unpaired) electrons. The predicted molar refractivity (Wildman–Crippen MR) is 64.8 cm³/mol. The van der Waals surface area contributed by atoms with Crippen LogP contribution in [0.25, 0.3) is 0 Å². The largest absolute Gasteiger partial charge is 0.357 e. The van der Waals surface area contributed by atoms with Crippen LogP contribution in [0, 0.1) is 10.1 Å². The number of aryl methyl sites for hydroxylation is 1. The molecule has 2 aromatic heterocycles. The zero-order valence-corrected chi connectivity index (χ0v) is 9.94. The molecule has 0 saturated carbocycles. The Hall–Kier alpha value is -2.82. The van der Waals surface area contributed by atoms with Gasteiger partial charge in [-0.3, -0.25) is 15.5 Å². The minimum absolute atomic E-state index is 0.0518. The zero-order chi connectivity index (χ0) is 13.8. The lowest BCUT2D eigenvalue weighted by molar-refractivity contribution is -0.384. The molecule has 0 bridgehead atoms. The van der Waals surface area contributed by atoms with E-state index in [2.05, 4.69) is 30.9 Å². The number of anilines is 2. The number of rotatable bonds is 5. The maximum Gasteiger partial charge on any atom is 0.329 e. The van der Waals surface area contributed by atoms with Gasteiger partial charge in [0.05, 0.1) is 11.5 Å². The van der Waals surface area contributed by atoms with Crippen molar-refractivity contribution < 1.29 is 4.92 Å². The van der Waals surface area contributed by atoms with Crippen molar-refractivity contribution in [3.05, 3.63) is 28.5 Å². The van der Waals surface area contributed by atoms with Crippen LogP contribution in [0.4, 0.5) is 17.5 Å². The quantitative estimate of drug-likeness (QED) is 0.366. The van der Waals surface area contributed by atoms with Gasteiger partial charge in [0.15, 0.2) is 5.82 Å². The summed E-state index contributed by atoms with van der Waals surface area (Å²) < 4.78 is 1.68. The van der Waals surface area contributed by atoms with Crippen molar-refractivity contribution in [2.75, 3.05) is 10.7 Å². The summed E-state index contributed by atoms with van der Waals surface area (Å²) in [6.07, 6.45) is 2.60. The average molecular weight is 265 g/mol. The Kier molecular flexibility index (Phi) is 3.47. The van der Waals surface area contributed by atoms with Gasteiger partial charge in [-0.05, 0) is 0 Å². The van der Waals surface area contributed by atoms with Gasteiger partial charge in [0.2, 0.25) is 11.8 Å². The fraction of sp³-hybridized carbons (Fsp3) is 0.250. The molecule has 11 nitrogen and oxygen atoms in total. The third kappa shape index (κ3) is 2.71. The number of nitrogen functional groups attached to an aromatic ring is 1. The minimum Gasteiger partial charge on any atom is -0.357 e. The SMILES string of the molecule is Cn1cnnc1CNc1nc(NN)ncc1[N+](=O)[O-]. The molecule has 0 aromatic carbocycles. The van der Waals surface area contributed by atoms with E-state index >= 15 is 0 Å². The predicted octanol–water partition coefficient (Wildman–Crippen LogP) is -0.589. The fourth-order valence-corrected chi connectivity index (χ4v) is 1.34. The van der Waals surface area contributed by atoms with Gasteiger partial charge in [-0.15, -0.1) is 10.2 Å². The number of nitro groups is 1. The van der Waals surface area contributed by atoms with Crippen LogP contribution < -0.4 is 16.6 Å². The first-order valence-corrected chi connectivity index (χ1v) is 5.16. The normalized spacial score (nSPS) is 10.2. The Bertz CT molecular complexity index is 596. The van der Waals surface area contributed by atoms with Crippen molar-refractivity contribution in [1.82, 2.24) is 24.7 Å². The summed E-state index contributed by atoms with van der Waals surface area (Å²) in [4.78, 5) is 17.8. The van der Waals surface area contributed by atoms with Crippen molar-refractivity contribution in [2.24, 2.45) is 12.9 Å². The molecule has 0 aliphatic rings. The second-order valence-corrected chi connectivity index (χ2v) is 3.54. The summed E-state index contributed by atoms with van der Waals surface area (Å²) in [5.74, 6) is 5.89. The first-order chi connectivity index (χ1) is 9.11. The molecule has 0 aliphatic carbocycles. The first kappa shape index (κ1) is 12.6. The summed E-state index contributed by atoms with van der Waals surface area (Å²) in [6.45, 7) is 0.234. The van der Waals surface area contributed by atoms with Gasteiger partial charge < -0.3 is 9.88 Å². The number of nitrogens with one attached hydrogen (secondary N) is 2. The monoisotopic (exact) mass is 265 g/mol. The molecule has 0 saturated heterocycles. The van der Waals surface area contributed by atoms with E-state index in [1.165, 1.54) is 6.33 Å². The summed E-state index contributed by atoms with van der Waals surface area (Å²) >= 11 is 0. The van der Waals surface area contributed by atoms with Crippen LogP contribution in [0.2, 0.25) is 0 Å². The van der Waals surface area contributed by atoms with E-state index in [0.717, 1.165) is 6.20 Å². The smallest absolute Gasteiger partial charge is 0.329 e. The fourth-order valence-electron chi connectivity index (χ4n) is 1.34.